The minimum atomic E-state index is -0.595. The third-order valence-corrected chi connectivity index (χ3v) is 8.59. The molecule has 0 aliphatic carbocycles. The summed E-state index contributed by atoms with van der Waals surface area (Å²) < 4.78 is 6.00. The number of rotatable bonds is 9. The third kappa shape index (κ3) is 6.17. The normalized spacial score (nSPS) is 12.7. The van der Waals surface area contributed by atoms with E-state index in [1.165, 1.54) is 0 Å². The molecule has 3 amide bonds. The number of carbonyl (C=O) groups is 4. The number of anilines is 1. The van der Waals surface area contributed by atoms with Gasteiger partial charge < -0.3 is 10.1 Å². The van der Waals surface area contributed by atoms with Gasteiger partial charge in [-0.05, 0) is 49.9 Å². The van der Waals surface area contributed by atoms with Gasteiger partial charge in [0.25, 0.3) is 17.7 Å². The molecule has 1 N–H and O–H groups in total. The summed E-state index contributed by atoms with van der Waals surface area (Å²) in [7, 11) is 0. The molecule has 3 rings (SSSR count). The van der Waals surface area contributed by atoms with Gasteiger partial charge in [-0.1, -0.05) is 68.8 Å². The first-order chi connectivity index (χ1) is 16.9. The van der Waals surface area contributed by atoms with Crippen molar-refractivity contribution in [1.29, 1.82) is 0 Å². The zero-order chi connectivity index (χ0) is 26.7. The van der Waals surface area contributed by atoms with Gasteiger partial charge in [-0.3, -0.25) is 24.1 Å². The van der Waals surface area contributed by atoms with Gasteiger partial charge in [0.2, 0.25) is 0 Å². The summed E-state index contributed by atoms with van der Waals surface area (Å²) in [6, 6.07) is 3.63. The van der Waals surface area contributed by atoms with E-state index in [9.17, 15) is 19.2 Å². The highest BCUT2D eigenvalue weighted by Crippen LogP contribution is 2.44. The Kier molecular flexibility index (Phi) is 9.68. The van der Waals surface area contributed by atoms with E-state index in [1.54, 1.807) is 0 Å². The van der Waals surface area contributed by atoms with Crippen molar-refractivity contribution in [2.75, 3.05) is 18.5 Å². The van der Waals surface area contributed by atoms with Crippen LogP contribution in [0.3, 0.4) is 0 Å². The predicted molar refractivity (Wildman–Crippen MR) is 144 cm³/mol. The molecule has 0 atom stereocenters. The Bertz CT molecular complexity index is 1200. The fraction of sp³-hybridized carbons (Fsp3) is 0.333. The molecule has 1 heterocycles. The zero-order valence-electron chi connectivity index (χ0n) is 19.3. The summed E-state index contributed by atoms with van der Waals surface area (Å²) >= 11 is 27.7. The van der Waals surface area contributed by atoms with E-state index < -0.39 is 30.3 Å². The fourth-order valence-electron chi connectivity index (χ4n) is 3.75. The highest BCUT2D eigenvalue weighted by atomic mass is 79.9. The van der Waals surface area contributed by atoms with Crippen molar-refractivity contribution in [3.63, 3.8) is 0 Å². The number of carbonyl (C=O) groups excluding carboxylic acids is 4. The largest absolute Gasteiger partial charge is 0.456 e. The maximum Gasteiger partial charge on any atom is 0.306 e. The van der Waals surface area contributed by atoms with Crippen LogP contribution in [0.15, 0.2) is 16.6 Å². The van der Waals surface area contributed by atoms with Crippen LogP contribution in [0.5, 0.6) is 0 Å². The molecule has 0 aromatic heterocycles. The molecule has 12 heteroatoms. The highest BCUT2D eigenvalue weighted by molar-refractivity contribution is 9.10. The van der Waals surface area contributed by atoms with E-state index in [4.69, 9.17) is 51.1 Å². The summed E-state index contributed by atoms with van der Waals surface area (Å²) in [5, 5.41) is 2.31. The lowest BCUT2D eigenvalue weighted by Crippen LogP contribution is -2.30. The molecule has 2 aromatic rings. The van der Waals surface area contributed by atoms with Gasteiger partial charge in [0, 0.05) is 23.1 Å². The minimum Gasteiger partial charge on any atom is -0.456 e. The summed E-state index contributed by atoms with van der Waals surface area (Å²) in [6.07, 6.45) is 1.52. The Balaban J connectivity index is 1.41. The number of benzene rings is 2. The average molecular weight is 639 g/mol. The van der Waals surface area contributed by atoms with Crippen LogP contribution in [0.2, 0.25) is 20.1 Å². The molecular formula is C24H21BrCl4N2O5. The Morgan fingerprint density at radius 1 is 0.889 bits per heavy atom. The molecule has 0 radical (unpaired) electrons. The van der Waals surface area contributed by atoms with Crippen molar-refractivity contribution in [1.82, 2.24) is 4.90 Å². The molecule has 0 bridgehead atoms. The summed E-state index contributed by atoms with van der Waals surface area (Å²) in [6.45, 7) is 3.54. The van der Waals surface area contributed by atoms with Crippen LogP contribution >= 0.6 is 62.3 Å². The van der Waals surface area contributed by atoms with Crippen LogP contribution in [0.4, 0.5) is 5.69 Å². The number of aryl methyl sites for hydroxylation is 2. The summed E-state index contributed by atoms with van der Waals surface area (Å²) in [5.41, 5.74) is 2.45. The van der Waals surface area contributed by atoms with E-state index in [2.05, 4.69) is 21.2 Å². The second-order valence-electron chi connectivity index (χ2n) is 8.21. The molecule has 1 aliphatic heterocycles. The molecule has 0 fully saturated rings. The molecule has 2 aromatic carbocycles. The van der Waals surface area contributed by atoms with Gasteiger partial charge in [-0.2, -0.15) is 0 Å². The molecule has 1 aliphatic rings. The number of fused-ring (bicyclic) bond motifs is 1. The standard InChI is InChI=1S/C24H21BrCl4N2O5/c1-11-8-13(9-12(2)18(11)25)30-14(32)10-36-15(33)6-4-3-5-7-31-23(34)16-17(24(31)35)20(27)22(29)21(28)19(16)26/h8-9H,3-7,10H2,1-2H3,(H,30,32). The lowest BCUT2D eigenvalue weighted by atomic mass is 10.1. The number of nitrogens with one attached hydrogen (secondary N) is 1. The first kappa shape index (κ1) is 28.7. The van der Waals surface area contributed by atoms with E-state index in [0.717, 1.165) is 20.5 Å². The van der Waals surface area contributed by atoms with E-state index in [0.29, 0.717) is 24.9 Å². The van der Waals surface area contributed by atoms with Crippen LogP contribution in [0.25, 0.3) is 0 Å². The van der Waals surface area contributed by atoms with Gasteiger partial charge in [-0.15, -0.1) is 0 Å². The zero-order valence-corrected chi connectivity index (χ0v) is 23.9. The quantitative estimate of drug-likeness (QED) is 0.105. The van der Waals surface area contributed by atoms with Gasteiger partial charge in [0.15, 0.2) is 6.61 Å². The third-order valence-electron chi connectivity index (χ3n) is 5.53. The molecule has 0 saturated carbocycles. The molecule has 7 nitrogen and oxygen atoms in total. The van der Waals surface area contributed by atoms with Crippen molar-refractivity contribution < 1.29 is 23.9 Å². The molecule has 192 valence electrons. The lowest BCUT2D eigenvalue weighted by Gasteiger charge is -2.13. The number of esters is 1. The topological polar surface area (TPSA) is 92.8 Å². The Hall–Kier alpha value is -1.84. The van der Waals surface area contributed by atoms with Crippen LogP contribution in [-0.4, -0.2) is 41.7 Å². The van der Waals surface area contributed by atoms with Gasteiger partial charge >= 0.3 is 5.97 Å². The van der Waals surface area contributed by atoms with E-state index >= 15 is 0 Å². The van der Waals surface area contributed by atoms with Crippen LogP contribution in [-0.2, 0) is 14.3 Å². The maximum atomic E-state index is 12.7. The number of halogens is 5. The number of imide groups is 1. The lowest BCUT2D eigenvalue weighted by molar-refractivity contribution is -0.147. The van der Waals surface area contributed by atoms with Crippen molar-refractivity contribution in [2.45, 2.75) is 39.5 Å². The molecule has 0 unspecified atom stereocenters. The van der Waals surface area contributed by atoms with Crippen molar-refractivity contribution in [3.05, 3.63) is 58.9 Å². The van der Waals surface area contributed by atoms with Crippen molar-refractivity contribution >= 4 is 91.7 Å². The van der Waals surface area contributed by atoms with Crippen LogP contribution < -0.4 is 5.32 Å². The molecule has 36 heavy (non-hydrogen) atoms. The van der Waals surface area contributed by atoms with Crippen molar-refractivity contribution in [3.8, 4) is 0 Å². The first-order valence-corrected chi connectivity index (χ1v) is 13.2. The molecule has 0 spiro atoms. The van der Waals surface area contributed by atoms with Gasteiger partial charge in [0.05, 0.1) is 31.2 Å². The Morgan fingerprint density at radius 3 is 1.94 bits per heavy atom. The minimum absolute atomic E-state index is 0.0589. The summed E-state index contributed by atoms with van der Waals surface area (Å²) in [5.74, 6) is -2.14. The molecular weight excluding hydrogens is 618 g/mol. The fourth-order valence-corrected chi connectivity index (χ4v) is 4.99. The second-order valence-corrected chi connectivity index (χ2v) is 10.5. The SMILES string of the molecule is Cc1cc(NC(=O)COC(=O)CCCCCN2C(=O)c3c(Cl)c(Cl)c(Cl)c(Cl)c3C2=O)cc(C)c1Br. The monoisotopic (exact) mass is 636 g/mol. The number of hydrogen-bond donors (Lipinski definition) is 1. The summed E-state index contributed by atoms with van der Waals surface area (Å²) in [4.78, 5) is 50.5. The Morgan fingerprint density at radius 2 is 1.42 bits per heavy atom. The number of unbranched alkanes of at least 4 members (excludes halogenated alkanes) is 2. The van der Waals surface area contributed by atoms with E-state index in [-0.39, 0.29) is 44.2 Å². The van der Waals surface area contributed by atoms with Crippen LogP contribution in [0, 0.1) is 13.8 Å². The first-order valence-electron chi connectivity index (χ1n) is 10.9. The number of ether oxygens (including phenoxy) is 1. The van der Waals surface area contributed by atoms with Crippen LogP contribution in [0.1, 0.15) is 57.5 Å². The second kappa shape index (κ2) is 12.1. The van der Waals surface area contributed by atoms with Gasteiger partial charge in [-0.25, -0.2) is 0 Å². The molecule has 0 saturated heterocycles. The predicted octanol–water partition coefficient (Wildman–Crippen LogP) is 7.02. The maximum absolute atomic E-state index is 12.7. The Labute approximate surface area is 236 Å². The highest BCUT2D eigenvalue weighted by Gasteiger charge is 2.41. The van der Waals surface area contributed by atoms with Gasteiger partial charge in [0.1, 0.15) is 0 Å². The number of nitrogens with zero attached hydrogens (tertiary/aromatic N) is 1. The average Bonchev–Trinajstić information content (AvgIpc) is 3.08. The number of amides is 3. The van der Waals surface area contributed by atoms with Crippen molar-refractivity contribution in [2.24, 2.45) is 0 Å². The van der Waals surface area contributed by atoms with E-state index in [1.807, 2.05) is 26.0 Å². The smallest absolute Gasteiger partial charge is 0.306 e. The number of hydrogen-bond acceptors (Lipinski definition) is 5.